The minimum absolute atomic E-state index is 0.0376. The van der Waals surface area contributed by atoms with Crippen LogP contribution in [0.4, 0.5) is 10.5 Å². The Morgan fingerprint density at radius 1 is 1.36 bits per heavy atom. The number of sulfonamides is 1. The normalized spacial score (nSPS) is 17.5. The first kappa shape index (κ1) is 19.8. The van der Waals surface area contributed by atoms with Crippen LogP contribution in [0.15, 0.2) is 35.5 Å². The number of likely N-dealkylation sites (tertiary alicyclic amines) is 1. The van der Waals surface area contributed by atoms with Gasteiger partial charge in [0.15, 0.2) is 0 Å². The molecular weight excluding hydrogens is 384 g/mol. The number of nitrogens with two attached hydrogens (primary N) is 1. The largest absolute Gasteiger partial charge is 0.344 e. The third kappa shape index (κ3) is 4.49. The van der Waals surface area contributed by atoms with Crippen molar-refractivity contribution < 1.29 is 18.0 Å². The van der Waals surface area contributed by atoms with E-state index < -0.39 is 16.1 Å². The van der Waals surface area contributed by atoms with E-state index in [1.165, 1.54) is 22.9 Å². The highest BCUT2D eigenvalue weighted by molar-refractivity contribution is 7.89. The molecule has 1 aliphatic heterocycles. The molecule has 0 spiro atoms. The van der Waals surface area contributed by atoms with Crippen LogP contribution in [-0.4, -0.2) is 54.7 Å². The van der Waals surface area contributed by atoms with Crippen molar-refractivity contribution in [2.45, 2.75) is 30.7 Å². The number of anilines is 1. The van der Waals surface area contributed by atoms with Crippen molar-refractivity contribution in [3.8, 4) is 5.69 Å². The highest BCUT2D eigenvalue weighted by Crippen LogP contribution is 2.24. The molecule has 150 valence electrons. The van der Waals surface area contributed by atoms with Crippen LogP contribution in [0.3, 0.4) is 0 Å². The summed E-state index contributed by atoms with van der Waals surface area (Å²) in [5.41, 5.74) is 1.64. The number of nitrogens with one attached hydrogen (secondary N) is 2. The van der Waals surface area contributed by atoms with Gasteiger partial charge in [-0.15, -0.1) is 0 Å². The number of urea groups is 1. The minimum atomic E-state index is -3.94. The summed E-state index contributed by atoms with van der Waals surface area (Å²) in [5, 5.41) is 14.9. The molecule has 0 aliphatic carbocycles. The van der Waals surface area contributed by atoms with Gasteiger partial charge in [-0.05, 0) is 37.1 Å². The Labute approximate surface area is 162 Å². The van der Waals surface area contributed by atoms with Crippen molar-refractivity contribution in [1.82, 2.24) is 20.0 Å². The van der Waals surface area contributed by atoms with Crippen LogP contribution in [0.25, 0.3) is 5.69 Å². The number of carbonyl (C=O) groups is 2. The molecule has 11 heteroatoms. The molecule has 1 saturated heterocycles. The average molecular weight is 406 g/mol. The Morgan fingerprint density at radius 2 is 2.11 bits per heavy atom. The predicted octanol–water partition coefficient (Wildman–Crippen LogP) is 0.570. The molecular formula is C17H22N6O4S. The first-order chi connectivity index (χ1) is 13.1. The summed E-state index contributed by atoms with van der Waals surface area (Å²) >= 11 is 0. The van der Waals surface area contributed by atoms with Gasteiger partial charge in [0.05, 0.1) is 22.5 Å². The molecule has 1 aliphatic rings. The Hall–Kier alpha value is -2.92. The molecule has 1 atom stereocenters. The van der Waals surface area contributed by atoms with Crippen molar-refractivity contribution in [3.63, 3.8) is 0 Å². The Balaban J connectivity index is 1.84. The van der Waals surface area contributed by atoms with E-state index in [0.29, 0.717) is 25.1 Å². The quantitative estimate of drug-likeness (QED) is 0.681. The number of likely N-dealkylation sites (N-methyl/N-ethyl adjacent to an activating group) is 1. The van der Waals surface area contributed by atoms with Gasteiger partial charge in [-0.3, -0.25) is 4.79 Å². The number of hydrogen-bond donors (Lipinski definition) is 3. The Bertz CT molecular complexity index is 1020. The van der Waals surface area contributed by atoms with Crippen molar-refractivity contribution in [2.75, 3.05) is 18.9 Å². The second-order valence-electron chi connectivity index (χ2n) is 6.79. The Kier molecular flexibility index (Phi) is 5.38. The lowest BCUT2D eigenvalue weighted by atomic mass is 10.1. The number of benzene rings is 1. The summed E-state index contributed by atoms with van der Waals surface area (Å²) in [7, 11) is -2.26. The SMILES string of the molecule is Cc1cnn(-c2ccc(S(N)(=O)=O)cc2NC(=O)N[C@H]2CCC(=O)N(C)C2)c1. The third-order valence-electron chi connectivity index (χ3n) is 4.47. The monoisotopic (exact) mass is 406 g/mol. The summed E-state index contributed by atoms with van der Waals surface area (Å²) in [6, 6.07) is 3.46. The first-order valence-corrected chi connectivity index (χ1v) is 10.2. The fourth-order valence-electron chi connectivity index (χ4n) is 3.01. The summed E-state index contributed by atoms with van der Waals surface area (Å²) in [6.45, 7) is 2.28. The van der Waals surface area contributed by atoms with Crippen molar-refractivity contribution in [3.05, 3.63) is 36.2 Å². The molecule has 3 rings (SSSR count). The number of rotatable bonds is 4. The van der Waals surface area contributed by atoms with Gasteiger partial charge in [-0.25, -0.2) is 23.0 Å². The van der Waals surface area contributed by atoms with Crippen molar-refractivity contribution in [1.29, 1.82) is 0 Å². The summed E-state index contributed by atoms with van der Waals surface area (Å²) in [4.78, 5) is 25.5. The van der Waals surface area contributed by atoms with E-state index in [1.807, 2.05) is 6.92 Å². The van der Waals surface area contributed by atoms with E-state index in [0.717, 1.165) is 5.56 Å². The van der Waals surface area contributed by atoms with Crippen LogP contribution in [0.1, 0.15) is 18.4 Å². The second-order valence-corrected chi connectivity index (χ2v) is 8.36. The molecule has 0 saturated carbocycles. The van der Waals surface area contributed by atoms with Crippen LogP contribution in [-0.2, 0) is 14.8 Å². The zero-order valence-corrected chi connectivity index (χ0v) is 16.4. The summed E-state index contributed by atoms with van der Waals surface area (Å²) in [6.07, 6.45) is 4.29. The molecule has 2 heterocycles. The predicted molar refractivity (Wildman–Crippen MR) is 102 cm³/mol. The molecule has 3 amide bonds. The highest BCUT2D eigenvalue weighted by atomic mass is 32.2. The van der Waals surface area contributed by atoms with Crippen LogP contribution in [0.2, 0.25) is 0 Å². The lowest BCUT2D eigenvalue weighted by Gasteiger charge is -2.30. The van der Waals surface area contributed by atoms with Crippen LogP contribution >= 0.6 is 0 Å². The second kappa shape index (κ2) is 7.60. The van der Waals surface area contributed by atoms with E-state index in [9.17, 15) is 18.0 Å². The van der Waals surface area contributed by atoms with Gasteiger partial charge < -0.3 is 15.5 Å². The molecule has 1 aromatic heterocycles. The number of hydrogen-bond acceptors (Lipinski definition) is 5. The van der Waals surface area contributed by atoms with Gasteiger partial charge in [-0.1, -0.05) is 0 Å². The molecule has 10 nitrogen and oxygen atoms in total. The molecule has 4 N–H and O–H groups in total. The standard InChI is InChI=1S/C17H22N6O4S/c1-11-8-19-23(9-11)15-5-4-13(28(18,26)27)7-14(15)21-17(25)20-12-3-6-16(24)22(2)10-12/h4-5,7-9,12H,3,6,10H2,1-2H3,(H2,18,26,27)(H2,20,21,25)/t12-/m0/s1. The van der Waals surface area contributed by atoms with E-state index in [2.05, 4.69) is 15.7 Å². The topological polar surface area (TPSA) is 139 Å². The average Bonchev–Trinajstić information content (AvgIpc) is 3.03. The van der Waals surface area contributed by atoms with Gasteiger partial charge in [0, 0.05) is 32.3 Å². The first-order valence-electron chi connectivity index (χ1n) is 8.63. The molecule has 0 radical (unpaired) electrons. The van der Waals surface area contributed by atoms with E-state index in [1.54, 1.807) is 24.3 Å². The molecule has 1 aromatic carbocycles. The number of piperidine rings is 1. The minimum Gasteiger partial charge on any atom is -0.344 e. The van der Waals surface area contributed by atoms with Crippen LogP contribution < -0.4 is 15.8 Å². The van der Waals surface area contributed by atoms with E-state index in [4.69, 9.17) is 5.14 Å². The molecule has 2 aromatic rings. The third-order valence-corrected chi connectivity index (χ3v) is 5.38. The van der Waals surface area contributed by atoms with Crippen LogP contribution in [0.5, 0.6) is 0 Å². The number of aromatic nitrogens is 2. The van der Waals surface area contributed by atoms with Crippen LogP contribution in [0, 0.1) is 6.92 Å². The van der Waals surface area contributed by atoms with Gasteiger partial charge in [0.25, 0.3) is 0 Å². The molecule has 1 fully saturated rings. The maximum absolute atomic E-state index is 12.5. The zero-order chi connectivity index (χ0) is 20.5. The zero-order valence-electron chi connectivity index (χ0n) is 15.5. The number of aryl methyl sites for hydroxylation is 1. The highest BCUT2D eigenvalue weighted by Gasteiger charge is 2.24. The van der Waals surface area contributed by atoms with Crippen molar-refractivity contribution in [2.24, 2.45) is 5.14 Å². The number of primary sulfonamides is 1. The van der Waals surface area contributed by atoms with Gasteiger partial charge in [-0.2, -0.15) is 5.10 Å². The van der Waals surface area contributed by atoms with Gasteiger partial charge in [0.1, 0.15) is 0 Å². The fourth-order valence-corrected chi connectivity index (χ4v) is 3.55. The lowest BCUT2D eigenvalue weighted by Crippen LogP contribution is -2.49. The molecule has 0 unspecified atom stereocenters. The molecule has 0 bridgehead atoms. The molecule has 28 heavy (non-hydrogen) atoms. The maximum atomic E-state index is 12.5. The number of amides is 3. The van der Waals surface area contributed by atoms with Crippen molar-refractivity contribution >= 4 is 27.6 Å². The van der Waals surface area contributed by atoms with Gasteiger partial charge >= 0.3 is 6.03 Å². The fraction of sp³-hybridized carbons (Fsp3) is 0.353. The van der Waals surface area contributed by atoms with Gasteiger partial charge in [0.2, 0.25) is 15.9 Å². The van der Waals surface area contributed by atoms with E-state index >= 15 is 0 Å². The van der Waals surface area contributed by atoms with E-state index in [-0.39, 0.29) is 22.5 Å². The Morgan fingerprint density at radius 3 is 2.71 bits per heavy atom. The summed E-state index contributed by atoms with van der Waals surface area (Å²) in [5.74, 6) is 0.0376. The number of nitrogens with zero attached hydrogens (tertiary/aromatic N) is 3. The number of carbonyl (C=O) groups excluding carboxylic acids is 2. The summed E-state index contributed by atoms with van der Waals surface area (Å²) < 4.78 is 24.9. The smallest absolute Gasteiger partial charge is 0.319 e. The lowest BCUT2D eigenvalue weighted by molar-refractivity contribution is -0.132. The maximum Gasteiger partial charge on any atom is 0.319 e.